The van der Waals surface area contributed by atoms with Gasteiger partial charge in [0.05, 0.1) is 19.1 Å². The molecule has 1 heterocycles. The Morgan fingerprint density at radius 1 is 1.13 bits per heavy atom. The highest BCUT2D eigenvalue weighted by Crippen LogP contribution is 2.82. The fourth-order valence-electron chi connectivity index (χ4n) is 11.0. The van der Waals surface area contributed by atoms with E-state index in [0.717, 1.165) is 29.6 Å². The first-order valence-corrected chi connectivity index (χ1v) is 13.9. The number of allylic oxidation sites excluding steroid dienone is 1. The molecule has 8 rings (SSSR count). The average molecular weight is 519 g/mol. The lowest BCUT2D eigenvalue weighted by atomic mass is 9.42. The fourth-order valence-corrected chi connectivity index (χ4v) is 11.0. The lowest BCUT2D eigenvalue weighted by Crippen LogP contribution is -2.69. The SMILES string of the molecule is C=C1[C@H]2C[C@H]2[C@]2(C)[C@@H]3[C@@H](O)C4=C5[C@H](/C(=C(\C)C(=O)OC)C(=O)[C@H](O)[C@@]5(C)[C@@H]5C[C@H]45)[C@@]34OC(=O)C(C)=C4C[C@@H]12. The highest BCUT2D eigenvalue weighted by molar-refractivity contribution is 6.09. The van der Waals surface area contributed by atoms with Crippen molar-refractivity contribution < 1.29 is 34.1 Å². The number of Topliss-reactive ketones (excluding diaryl/α,β-unsaturated/α-hetero) is 1. The van der Waals surface area contributed by atoms with Gasteiger partial charge in [-0.2, -0.15) is 0 Å². The van der Waals surface area contributed by atoms with Crippen LogP contribution in [-0.2, 0) is 23.9 Å². The molecule has 0 saturated heterocycles. The number of rotatable bonds is 1. The first kappa shape index (κ1) is 23.4. The zero-order valence-corrected chi connectivity index (χ0v) is 22.5. The minimum atomic E-state index is -1.34. The van der Waals surface area contributed by atoms with Crippen LogP contribution in [0.4, 0.5) is 0 Å². The molecular formula is C31H34O7. The predicted molar refractivity (Wildman–Crippen MR) is 134 cm³/mol. The number of carbonyl (C=O) groups excluding carboxylic acids is 3. The van der Waals surface area contributed by atoms with Crippen molar-refractivity contribution >= 4 is 17.7 Å². The molecule has 5 saturated carbocycles. The number of ether oxygens (including phenoxy) is 2. The summed E-state index contributed by atoms with van der Waals surface area (Å²) in [5.74, 6) is -1.80. The van der Waals surface area contributed by atoms with Crippen LogP contribution < -0.4 is 0 Å². The molecule has 0 amide bonds. The van der Waals surface area contributed by atoms with Crippen molar-refractivity contribution in [3.63, 3.8) is 0 Å². The number of fused-ring (bicyclic) bond motifs is 7. The van der Waals surface area contributed by atoms with Crippen LogP contribution in [0.1, 0.15) is 47.0 Å². The van der Waals surface area contributed by atoms with Crippen molar-refractivity contribution in [2.45, 2.75) is 64.8 Å². The van der Waals surface area contributed by atoms with Gasteiger partial charge in [-0.15, -0.1) is 0 Å². The highest BCUT2D eigenvalue weighted by Gasteiger charge is 2.82. The van der Waals surface area contributed by atoms with Crippen LogP contribution in [0.2, 0.25) is 0 Å². The van der Waals surface area contributed by atoms with E-state index in [1.54, 1.807) is 13.8 Å². The van der Waals surface area contributed by atoms with Gasteiger partial charge in [-0.3, -0.25) is 4.79 Å². The second-order valence-corrected chi connectivity index (χ2v) is 13.7. The molecule has 7 nitrogen and oxygen atoms in total. The predicted octanol–water partition coefficient (Wildman–Crippen LogP) is 2.82. The Hall–Kier alpha value is -2.51. The van der Waals surface area contributed by atoms with Gasteiger partial charge in [-0.25, -0.2) is 9.59 Å². The quantitative estimate of drug-likeness (QED) is 0.312. The van der Waals surface area contributed by atoms with Crippen LogP contribution in [-0.4, -0.2) is 52.9 Å². The Morgan fingerprint density at radius 3 is 2.50 bits per heavy atom. The molecule has 7 heteroatoms. The number of aliphatic hydroxyl groups is 2. The smallest absolute Gasteiger partial charge is 0.334 e. The molecule has 8 aliphatic rings. The van der Waals surface area contributed by atoms with Crippen molar-refractivity contribution in [1.82, 2.24) is 0 Å². The van der Waals surface area contributed by atoms with Crippen molar-refractivity contribution in [3.05, 3.63) is 45.6 Å². The molecule has 2 N–H and O–H groups in total. The molecule has 1 aliphatic heterocycles. The number of esters is 2. The molecule has 0 bridgehead atoms. The fraction of sp³-hybridized carbons (Fsp3) is 0.645. The first-order valence-electron chi connectivity index (χ1n) is 13.9. The average Bonchev–Trinajstić information content (AvgIpc) is 3.78. The Bertz CT molecular complexity index is 1430. The summed E-state index contributed by atoms with van der Waals surface area (Å²) in [6, 6.07) is 0. The van der Waals surface area contributed by atoms with E-state index in [0.29, 0.717) is 23.8 Å². The van der Waals surface area contributed by atoms with Crippen molar-refractivity contribution in [3.8, 4) is 0 Å². The summed E-state index contributed by atoms with van der Waals surface area (Å²) in [6.07, 6.45) is 0.212. The molecular weight excluding hydrogens is 484 g/mol. The second-order valence-electron chi connectivity index (χ2n) is 13.7. The van der Waals surface area contributed by atoms with E-state index >= 15 is 0 Å². The molecule has 5 fully saturated rings. The van der Waals surface area contributed by atoms with Gasteiger partial charge in [-0.1, -0.05) is 26.0 Å². The van der Waals surface area contributed by atoms with E-state index < -0.39 is 52.8 Å². The van der Waals surface area contributed by atoms with Gasteiger partial charge in [0.2, 0.25) is 0 Å². The lowest BCUT2D eigenvalue weighted by molar-refractivity contribution is -0.189. The Balaban J connectivity index is 1.50. The number of hydrogen-bond acceptors (Lipinski definition) is 7. The minimum absolute atomic E-state index is 0.0431. The summed E-state index contributed by atoms with van der Waals surface area (Å²) in [5, 5.41) is 24.0. The molecule has 12 atom stereocenters. The van der Waals surface area contributed by atoms with Crippen LogP contribution >= 0.6 is 0 Å². The first-order chi connectivity index (χ1) is 17.9. The maximum Gasteiger partial charge on any atom is 0.334 e. The maximum absolute atomic E-state index is 14.2. The van der Waals surface area contributed by atoms with Crippen molar-refractivity contribution in [1.29, 1.82) is 0 Å². The number of carbonyl (C=O) groups is 3. The number of ketones is 1. The van der Waals surface area contributed by atoms with Gasteiger partial charge in [-0.05, 0) is 84.8 Å². The summed E-state index contributed by atoms with van der Waals surface area (Å²) in [6.45, 7) is 12.0. The summed E-state index contributed by atoms with van der Waals surface area (Å²) in [7, 11) is 1.27. The second kappa shape index (κ2) is 6.44. The van der Waals surface area contributed by atoms with Crippen LogP contribution in [0.3, 0.4) is 0 Å². The third kappa shape index (κ3) is 2.08. The highest BCUT2D eigenvalue weighted by atomic mass is 16.6. The van der Waals surface area contributed by atoms with Gasteiger partial charge in [0.15, 0.2) is 11.4 Å². The van der Waals surface area contributed by atoms with Crippen LogP contribution in [0.15, 0.2) is 45.6 Å². The van der Waals surface area contributed by atoms with E-state index in [4.69, 9.17) is 9.47 Å². The topological polar surface area (TPSA) is 110 Å². The molecule has 0 unspecified atom stereocenters. The Kier molecular flexibility index (Phi) is 3.96. The maximum atomic E-state index is 14.2. The summed E-state index contributed by atoms with van der Waals surface area (Å²) in [4.78, 5) is 40.6. The number of methoxy groups -OCH3 is 1. The van der Waals surface area contributed by atoms with Gasteiger partial charge in [0, 0.05) is 28.1 Å². The zero-order valence-electron chi connectivity index (χ0n) is 22.5. The summed E-state index contributed by atoms with van der Waals surface area (Å²) in [5.41, 5.74) is 2.06. The molecule has 0 aromatic carbocycles. The molecule has 7 aliphatic carbocycles. The van der Waals surface area contributed by atoms with E-state index in [1.165, 1.54) is 12.7 Å². The third-order valence-electron chi connectivity index (χ3n) is 12.8. The van der Waals surface area contributed by atoms with Crippen LogP contribution in [0.25, 0.3) is 0 Å². The van der Waals surface area contributed by atoms with Crippen molar-refractivity contribution in [2.24, 2.45) is 52.3 Å². The summed E-state index contributed by atoms with van der Waals surface area (Å²) >= 11 is 0. The van der Waals surface area contributed by atoms with Gasteiger partial charge >= 0.3 is 11.9 Å². The molecule has 38 heavy (non-hydrogen) atoms. The summed E-state index contributed by atoms with van der Waals surface area (Å²) < 4.78 is 11.6. The lowest BCUT2D eigenvalue weighted by Gasteiger charge is -2.63. The third-order valence-corrected chi connectivity index (χ3v) is 12.8. The van der Waals surface area contributed by atoms with Gasteiger partial charge < -0.3 is 19.7 Å². The monoisotopic (exact) mass is 518 g/mol. The molecule has 200 valence electrons. The van der Waals surface area contributed by atoms with E-state index in [-0.39, 0.29) is 34.3 Å². The van der Waals surface area contributed by atoms with E-state index in [2.05, 4.69) is 13.5 Å². The molecule has 1 spiro atoms. The molecule has 0 aromatic rings. The van der Waals surface area contributed by atoms with Gasteiger partial charge in [0.1, 0.15) is 6.10 Å². The largest absolute Gasteiger partial charge is 0.466 e. The van der Waals surface area contributed by atoms with E-state index in [1.807, 2.05) is 6.92 Å². The standard InChI is InChI=1S/C31H34O7/c1-10-13-7-17(13)29(4)15(10)9-16-11(2)28(36)38-31(16)22-19(12(3)27(35)37-6)24(33)26(34)30(5)18-8-14(18)20(21(22)30)23(32)25(29)31/h13-15,17-18,22-23,25-26,32,34H,1,7-9H2,2-6H3/b19-12-/t13-,14+,15+,17-,18-,22+,23+,25+,26+,29-,30+,31-/m1/s1. The molecule has 0 radical (unpaired) electrons. The Labute approximate surface area is 221 Å². The zero-order chi connectivity index (χ0) is 27.0. The van der Waals surface area contributed by atoms with Crippen molar-refractivity contribution in [2.75, 3.05) is 7.11 Å². The Morgan fingerprint density at radius 2 is 1.82 bits per heavy atom. The minimum Gasteiger partial charge on any atom is -0.466 e. The van der Waals surface area contributed by atoms with Crippen LogP contribution in [0, 0.1) is 52.3 Å². The number of hydrogen-bond donors (Lipinski definition) is 2. The normalized spacial score (nSPS) is 54.0. The van der Waals surface area contributed by atoms with E-state index in [9.17, 15) is 24.6 Å². The molecule has 0 aromatic heterocycles. The van der Waals surface area contributed by atoms with Crippen LogP contribution in [0.5, 0.6) is 0 Å². The van der Waals surface area contributed by atoms with Gasteiger partial charge in [0.25, 0.3) is 0 Å². The number of aliphatic hydroxyl groups excluding tert-OH is 2.